The number of rotatable bonds is 6. The molecule has 4 nitrogen and oxygen atoms in total. The molecule has 0 saturated heterocycles. The summed E-state index contributed by atoms with van der Waals surface area (Å²) in [6.45, 7) is 3.45. The monoisotopic (exact) mass is 412 g/mol. The number of ether oxygens (including phenoxy) is 2. The lowest BCUT2D eigenvalue weighted by Crippen LogP contribution is -2.04. The van der Waals surface area contributed by atoms with Crippen molar-refractivity contribution in [2.45, 2.75) is 39.5 Å². The van der Waals surface area contributed by atoms with Gasteiger partial charge >= 0.3 is 12.1 Å². The van der Waals surface area contributed by atoms with Gasteiger partial charge in [-0.25, -0.2) is 0 Å². The summed E-state index contributed by atoms with van der Waals surface area (Å²) in [5, 5.41) is 2.92. The number of aryl methyl sites for hydroxylation is 2. The van der Waals surface area contributed by atoms with Crippen molar-refractivity contribution in [3.05, 3.63) is 51.8 Å². The molecule has 0 unspecified atom stereocenters. The van der Waals surface area contributed by atoms with E-state index in [0.29, 0.717) is 11.3 Å². The molecule has 0 N–H and O–H groups in total. The lowest BCUT2D eigenvalue weighted by atomic mass is 10.0. The molecule has 1 aromatic carbocycles. The molecule has 3 rings (SSSR count). The van der Waals surface area contributed by atoms with E-state index in [1.165, 1.54) is 25.4 Å². The second-order valence-electron chi connectivity index (χ2n) is 6.30. The Morgan fingerprint density at radius 3 is 2.54 bits per heavy atom. The van der Waals surface area contributed by atoms with E-state index in [1.807, 2.05) is 24.4 Å². The lowest BCUT2D eigenvalue weighted by Gasteiger charge is -2.10. The topological polar surface area (TPSA) is 48.7 Å². The number of halogens is 3. The number of esters is 1. The van der Waals surface area contributed by atoms with Gasteiger partial charge in [0.15, 0.2) is 0 Å². The Hall–Kier alpha value is -2.48. The quantitative estimate of drug-likeness (QED) is 0.489. The molecule has 0 fully saturated rings. The number of hydrogen-bond acceptors (Lipinski definition) is 5. The second-order valence-corrected chi connectivity index (χ2v) is 7.21. The molecule has 0 aliphatic heterocycles. The van der Waals surface area contributed by atoms with Gasteiger partial charge in [-0.1, -0.05) is 6.92 Å². The van der Waals surface area contributed by atoms with E-state index >= 15 is 0 Å². The number of alkyl halides is 3. The normalized spacial score (nSPS) is 11.8. The number of furan rings is 1. The SMILES string of the molecule is CCc1cc(OCc2cc(C(F)(F)F)oc2C)cc2scc(CC(=O)OC)c12. The molecule has 2 aromatic heterocycles. The first-order chi connectivity index (χ1) is 13.2. The van der Waals surface area contributed by atoms with Crippen molar-refractivity contribution in [3.63, 3.8) is 0 Å². The predicted octanol–water partition coefficient (Wildman–Crippen LogP) is 5.68. The van der Waals surface area contributed by atoms with Crippen LogP contribution in [0.1, 0.15) is 35.1 Å². The molecule has 0 aliphatic carbocycles. The first kappa shape index (κ1) is 20.3. The Kier molecular flexibility index (Phi) is 5.69. The van der Waals surface area contributed by atoms with Gasteiger partial charge in [-0.2, -0.15) is 13.2 Å². The Bertz CT molecular complexity index is 1000. The number of thiophene rings is 1. The standard InChI is InChI=1S/C20H19F3O4S/c1-4-12-5-15(8-16-19(12)14(10-28-16)7-18(24)25-3)26-9-13-6-17(20(21,22)23)27-11(13)2/h5-6,8,10H,4,7,9H2,1-3H3. The fraction of sp³-hybridized carbons (Fsp3) is 0.350. The van der Waals surface area contributed by atoms with Crippen LogP contribution in [0, 0.1) is 6.92 Å². The summed E-state index contributed by atoms with van der Waals surface area (Å²) >= 11 is 1.49. The molecule has 8 heteroatoms. The molecule has 0 radical (unpaired) electrons. The zero-order chi connectivity index (χ0) is 20.5. The number of benzene rings is 1. The minimum atomic E-state index is -4.52. The van der Waals surface area contributed by atoms with Crippen molar-refractivity contribution in [3.8, 4) is 5.75 Å². The molecule has 3 aromatic rings. The number of carbonyl (C=O) groups excluding carboxylic acids is 1. The molecular weight excluding hydrogens is 393 g/mol. The summed E-state index contributed by atoms with van der Waals surface area (Å²) in [6.07, 6.45) is -3.61. The molecule has 0 bridgehead atoms. The van der Waals surface area contributed by atoms with E-state index in [2.05, 4.69) is 0 Å². The first-order valence-electron chi connectivity index (χ1n) is 8.62. The zero-order valence-electron chi connectivity index (χ0n) is 15.6. The van der Waals surface area contributed by atoms with Gasteiger partial charge in [-0.15, -0.1) is 11.3 Å². The number of fused-ring (bicyclic) bond motifs is 1. The van der Waals surface area contributed by atoms with Crippen molar-refractivity contribution in [1.29, 1.82) is 0 Å². The van der Waals surface area contributed by atoms with E-state index in [-0.39, 0.29) is 24.8 Å². The van der Waals surface area contributed by atoms with Crippen molar-refractivity contribution in [2.75, 3.05) is 7.11 Å². The van der Waals surface area contributed by atoms with Gasteiger partial charge < -0.3 is 13.9 Å². The summed E-state index contributed by atoms with van der Waals surface area (Å²) in [5.74, 6) is -0.595. The van der Waals surface area contributed by atoms with Crippen LogP contribution in [-0.2, 0) is 35.2 Å². The Morgan fingerprint density at radius 2 is 1.93 bits per heavy atom. The van der Waals surface area contributed by atoms with E-state index in [9.17, 15) is 18.0 Å². The molecule has 28 heavy (non-hydrogen) atoms. The molecule has 2 heterocycles. The van der Waals surface area contributed by atoms with Crippen LogP contribution in [0.3, 0.4) is 0 Å². The average Bonchev–Trinajstić information content (AvgIpc) is 3.22. The summed E-state index contributed by atoms with van der Waals surface area (Å²) in [6, 6.07) is 4.66. The van der Waals surface area contributed by atoms with Crippen molar-refractivity contribution in [1.82, 2.24) is 0 Å². The van der Waals surface area contributed by atoms with Gasteiger partial charge in [-0.05, 0) is 53.4 Å². The number of methoxy groups -OCH3 is 1. The van der Waals surface area contributed by atoms with E-state index in [1.54, 1.807) is 0 Å². The largest absolute Gasteiger partial charge is 0.489 e. The summed E-state index contributed by atoms with van der Waals surface area (Å²) in [5.41, 5.74) is 2.26. The van der Waals surface area contributed by atoms with Crippen LogP contribution in [0.5, 0.6) is 5.75 Å². The van der Waals surface area contributed by atoms with E-state index in [4.69, 9.17) is 13.9 Å². The van der Waals surface area contributed by atoms with Crippen LogP contribution in [0.4, 0.5) is 13.2 Å². The highest BCUT2D eigenvalue weighted by Crippen LogP contribution is 2.35. The minimum absolute atomic E-state index is 0.0273. The van der Waals surface area contributed by atoms with Gasteiger partial charge in [0.2, 0.25) is 5.76 Å². The predicted molar refractivity (Wildman–Crippen MR) is 99.7 cm³/mol. The van der Waals surface area contributed by atoms with Gasteiger partial charge in [0.1, 0.15) is 18.1 Å². The third-order valence-corrected chi connectivity index (χ3v) is 5.42. The van der Waals surface area contributed by atoms with Gasteiger partial charge in [-0.3, -0.25) is 4.79 Å². The minimum Gasteiger partial charge on any atom is -0.489 e. The summed E-state index contributed by atoms with van der Waals surface area (Å²) in [4.78, 5) is 11.6. The lowest BCUT2D eigenvalue weighted by molar-refractivity contribution is -0.153. The van der Waals surface area contributed by atoms with Crippen LogP contribution in [0.25, 0.3) is 10.1 Å². The third kappa shape index (κ3) is 4.16. The maximum atomic E-state index is 12.8. The second kappa shape index (κ2) is 7.87. The maximum absolute atomic E-state index is 12.8. The molecule has 0 amide bonds. The van der Waals surface area contributed by atoms with Crippen LogP contribution >= 0.6 is 11.3 Å². The van der Waals surface area contributed by atoms with Crippen molar-refractivity contribution in [2.24, 2.45) is 0 Å². The first-order valence-corrected chi connectivity index (χ1v) is 9.50. The van der Waals surface area contributed by atoms with Crippen molar-refractivity contribution < 1.29 is 31.9 Å². The molecule has 0 aliphatic rings. The van der Waals surface area contributed by atoms with E-state index < -0.39 is 11.9 Å². The van der Waals surface area contributed by atoms with Gasteiger partial charge in [0.05, 0.1) is 13.5 Å². The number of hydrogen-bond donors (Lipinski definition) is 0. The Labute approximate surface area is 163 Å². The highest BCUT2D eigenvalue weighted by molar-refractivity contribution is 7.17. The maximum Gasteiger partial charge on any atom is 0.449 e. The summed E-state index contributed by atoms with van der Waals surface area (Å²) in [7, 11) is 1.35. The Balaban J connectivity index is 1.85. The van der Waals surface area contributed by atoms with Crippen LogP contribution < -0.4 is 4.74 Å². The van der Waals surface area contributed by atoms with Gasteiger partial charge in [0.25, 0.3) is 0 Å². The smallest absolute Gasteiger partial charge is 0.449 e. The van der Waals surface area contributed by atoms with Crippen LogP contribution in [0.15, 0.2) is 28.0 Å². The van der Waals surface area contributed by atoms with Crippen LogP contribution in [0.2, 0.25) is 0 Å². The molecule has 0 saturated carbocycles. The fourth-order valence-electron chi connectivity index (χ4n) is 2.98. The molecule has 0 atom stereocenters. The molecule has 0 spiro atoms. The molecule has 150 valence electrons. The third-order valence-electron chi connectivity index (χ3n) is 4.44. The zero-order valence-corrected chi connectivity index (χ0v) is 16.4. The summed E-state index contributed by atoms with van der Waals surface area (Å²) < 4.78 is 54.5. The van der Waals surface area contributed by atoms with E-state index in [0.717, 1.165) is 33.7 Å². The molecular formula is C20H19F3O4S. The van der Waals surface area contributed by atoms with Crippen LogP contribution in [-0.4, -0.2) is 13.1 Å². The highest BCUT2D eigenvalue weighted by atomic mass is 32.1. The Morgan fingerprint density at radius 1 is 1.18 bits per heavy atom. The highest BCUT2D eigenvalue weighted by Gasteiger charge is 2.35. The average molecular weight is 412 g/mol. The van der Waals surface area contributed by atoms with Crippen molar-refractivity contribution >= 4 is 27.4 Å². The number of carbonyl (C=O) groups is 1. The van der Waals surface area contributed by atoms with Gasteiger partial charge in [0, 0.05) is 10.3 Å². The fourth-order valence-corrected chi connectivity index (χ4v) is 4.01.